The molecule has 2 aromatic rings. The van der Waals surface area contributed by atoms with Crippen molar-refractivity contribution in [1.82, 2.24) is 19.1 Å². The van der Waals surface area contributed by atoms with Gasteiger partial charge in [0.15, 0.2) is 0 Å². The molecular weight excluding hydrogens is 346 g/mol. The summed E-state index contributed by atoms with van der Waals surface area (Å²) in [7, 11) is 0. The fourth-order valence-electron chi connectivity index (χ4n) is 3.93. The minimum absolute atomic E-state index is 0.0334. The monoisotopic (exact) mass is 371 g/mol. The molecular formula is C19H25N5OS. The van der Waals surface area contributed by atoms with Crippen molar-refractivity contribution >= 4 is 16.7 Å². The van der Waals surface area contributed by atoms with Gasteiger partial charge in [0, 0.05) is 49.1 Å². The van der Waals surface area contributed by atoms with Gasteiger partial charge in [-0.25, -0.2) is 9.67 Å². The van der Waals surface area contributed by atoms with Gasteiger partial charge in [-0.2, -0.15) is 9.47 Å². The van der Waals surface area contributed by atoms with E-state index in [1.54, 1.807) is 22.3 Å². The number of aromatic nitrogens is 4. The number of anilines is 1. The van der Waals surface area contributed by atoms with Crippen LogP contribution in [0.25, 0.3) is 0 Å². The Kier molecular flexibility index (Phi) is 4.27. The van der Waals surface area contributed by atoms with Gasteiger partial charge in [-0.3, -0.25) is 4.79 Å². The topological polar surface area (TPSA) is 63.9 Å². The summed E-state index contributed by atoms with van der Waals surface area (Å²) >= 11 is 1.55. The Labute approximate surface area is 157 Å². The maximum absolute atomic E-state index is 12.1. The van der Waals surface area contributed by atoms with Gasteiger partial charge < -0.3 is 4.90 Å². The fourth-order valence-corrected chi connectivity index (χ4v) is 4.73. The van der Waals surface area contributed by atoms with E-state index in [2.05, 4.69) is 14.4 Å². The van der Waals surface area contributed by atoms with Crippen LogP contribution in [0.3, 0.4) is 0 Å². The third kappa shape index (κ3) is 3.29. The molecule has 0 spiro atoms. The summed E-state index contributed by atoms with van der Waals surface area (Å²) < 4.78 is 6.28. The third-order valence-electron chi connectivity index (χ3n) is 6.10. The van der Waals surface area contributed by atoms with Crippen LogP contribution in [-0.2, 0) is 6.54 Å². The molecule has 2 saturated carbocycles. The minimum atomic E-state index is 0.0334. The van der Waals surface area contributed by atoms with Crippen LogP contribution in [-0.4, -0.2) is 32.2 Å². The van der Waals surface area contributed by atoms with Gasteiger partial charge in [0.25, 0.3) is 5.56 Å². The highest BCUT2D eigenvalue weighted by Gasteiger charge is 2.28. The van der Waals surface area contributed by atoms with Crippen molar-refractivity contribution in [2.24, 2.45) is 5.92 Å². The van der Waals surface area contributed by atoms with Gasteiger partial charge in [-0.15, -0.1) is 0 Å². The Bertz CT molecular complexity index is 830. The predicted molar refractivity (Wildman–Crippen MR) is 102 cm³/mol. The summed E-state index contributed by atoms with van der Waals surface area (Å²) in [5.74, 6) is 2.77. The molecule has 0 amide bonds. The Hall–Kier alpha value is -1.76. The fraction of sp³-hybridized carbons (Fsp3) is 0.684. The second-order valence-corrected chi connectivity index (χ2v) is 8.78. The van der Waals surface area contributed by atoms with Crippen LogP contribution in [0.2, 0.25) is 0 Å². The standard InChI is InChI=1S/C19H25N5OS/c25-17-7-6-16(14-4-5-14)21-24(17)12-13-8-10-23(11-9-13)19-20-18(22-26-19)15-2-1-3-15/h6-7,13-15H,1-5,8-12H2. The lowest BCUT2D eigenvalue weighted by Gasteiger charge is -2.31. The summed E-state index contributed by atoms with van der Waals surface area (Å²) in [6.45, 7) is 2.75. The molecule has 7 heteroatoms. The number of rotatable bonds is 5. The second-order valence-electron chi connectivity index (χ2n) is 8.05. The van der Waals surface area contributed by atoms with Crippen molar-refractivity contribution in [2.45, 2.75) is 63.3 Å². The molecule has 138 valence electrons. The average Bonchev–Trinajstić information content (AvgIpc) is 3.35. The van der Waals surface area contributed by atoms with E-state index < -0.39 is 0 Å². The summed E-state index contributed by atoms with van der Waals surface area (Å²) in [4.78, 5) is 19.3. The molecule has 0 unspecified atom stereocenters. The highest BCUT2D eigenvalue weighted by Crippen LogP contribution is 2.38. The van der Waals surface area contributed by atoms with Crippen molar-refractivity contribution in [2.75, 3.05) is 18.0 Å². The molecule has 3 aliphatic rings. The molecule has 3 fully saturated rings. The summed E-state index contributed by atoms with van der Waals surface area (Å²) in [6, 6.07) is 3.60. The molecule has 0 radical (unpaired) electrons. The first-order valence-corrected chi connectivity index (χ1v) is 10.7. The van der Waals surface area contributed by atoms with E-state index in [0.717, 1.165) is 49.1 Å². The van der Waals surface area contributed by atoms with E-state index >= 15 is 0 Å². The quantitative estimate of drug-likeness (QED) is 0.808. The van der Waals surface area contributed by atoms with E-state index in [4.69, 9.17) is 4.98 Å². The van der Waals surface area contributed by atoms with Crippen LogP contribution < -0.4 is 10.5 Å². The maximum Gasteiger partial charge on any atom is 0.266 e. The number of nitrogens with zero attached hydrogens (tertiary/aromatic N) is 5. The van der Waals surface area contributed by atoms with Crippen LogP contribution in [0.1, 0.15) is 68.3 Å². The molecule has 26 heavy (non-hydrogen) atoms. The number of hydrogen-bond acceptors (Lipinski definition) is 6. The van der Waals surface area contributed by atoms with Crippen LogP contribution >= 0.6 is 11.5 Å². The Balaban J connectivity index is 1.20. The van der Waals surface area contributed by atoms with Crippen molar-refractivity contribution in [3.8, 4) is 0 Å². The molecule has 2 aromatic heterocycles. The van der Waals surface area contributed by atoms with E-state index in [-0.39, 0.29) is 5.56 Å². The molecule has 1 saturated heterocycles. The largest absolute Gasteiger partial charge is 0.347 e. The van der Waals surface area contributed by atoms with Gasteiger partial charge in [0.05, 0.1) is 5.69 Å². The second kappa shape index (κ2) is 6.76. The molecule has 2 aliphatic carbocycles. The molecule has 0 N–H and O–H groups in total. The summed E-state index contributed by atoms with van der Waals surface area (Å²) in [6.07, 6.45) is 8.42. The van der Waals surface area contributed by atoms with Gasteiger partial charge in [-0.1, -0.05) is 6.42 Å². The van der Waals surface area contributed by atoms with E-state index in [1.165, 1.54) is 32.1 Å². The van der Waals surface area contributed by atoms with Crippen molar-refractivity contribution < 1.29 is 0 Å². The third-order valence-corrected chi connectivity index (χ3v) is 6.89. The molecule has 0 aromatic carbocycles. The van der Waals surface area contributed by atoms with Gasteiger partial charge in [-0.05, 0) is 50.5 Å². The molecule has 5 rings (SSSR count). The van der Waals surface area contributed by atoms with E-state index in [9.17, 15) is 4.79 Å². The highest BCUT2D eigenvalue weighted by atomic mass is 32.1. The zero-order valence-electron chi connectivity index (χ0n) is 15.0. The van der Waals surface area contributed by atoms with E-state index in [1.807, 2.05) is 6.07 Å². The Morgan fingerprint density at radius 2 is 1.85 bits per heavy atom. The summed E-state index contributed by atoms with van der Waals surface area (Å²) in [5.41, 5.74) is 1.13. The molecule has 6 nitrogen and oxygen atoms in total. The Morgan fingerprint density at radius 3 is 2.54 bits per heavy atom. The van der Waals surface area contributed by atoms with Crippen LogP contribution in [0.15, 0.2) is 16.9 Å². The van der Waals surface area contributed by atoms with Crippen molar-refractivity contribution in [3.63, 3.8) is 0 Å². The predicted octanol–water partition coefficient (Wildman–Crippen LogP) is 3.16. The molecule has 0 atom stereocenters. The van der Waals surface area contributed by atoms with Gasteiger partial charge in [0.1, 0.15) is 5.82 Å². The zero-order chi connectivity index (χ0) is 17.5. The number of piperidine rings is 1. The minimum Gasteiger partial charge on any atom is -0.347 e. The van der Waals surface area contributed by atoms with Gasteiger partial charge in [0.2, 0.25) is 5.13 Å². The average molecular weight is 372 g/mol. The van der Waals surface area contributed by atoms with Crippen LogP contribution in [0, 0.1) is 5.92 Å². The molecule has 1 aliphatic heterocycles. The zero-order valence-corrected chi connectivity index (χ0v) is 15.8. The van der Waals surface area contributed by atoms with Crippen LogP contribution in [0.5, 0.6) is 0 Å². The molecule has 0 bridgehead atoms. The Morgan fingerprint density at radius 1 is 1.04 bits per heavy atom. The normalized spacial score (nSPS) is 21.8. The van der Waals surface area contributed by atoms with E-state index in [0.29, 0.717) is 17.8 Å². The first kappa shape index (κ1) is 16.4. The molecule has 3 heterocycles. The SMILES string of the molecule is O=c1ccc(C2CC2)nn1CC1CCN(c2nc(C3CCC3)ns2)CC1. The van der Waals surface area contributed by atoms with Crippen molar-refractivity contribution in [3.05, 3.63) is 34.0 Å². The smallest absolute Gasteiger partial charge is 0.266 e. The van der Waals surface area contributed by atoms with Crippen molar-refractivity contribution in [1.29, 1.82) is 0 Å². The number of hydrogen-bond donors (Lipinski definition) is 0. The first-order chi connectivity index (χ1) is 12.8. The lowest BCUT2D eigenvalue weighted by Crippen LogP contribution is -2.37. The highest BCUT2D eigenvalue weighted by molar-refractivity contribution is 7.09. The maximum atomic E-state index is 12.1. The first-order valence-electron chi connectivity index (χ1n) is 9.93. The van der Waals surface area contributed by atoms with Gasteiger partial charge >= 0.3 is 0 Å². The summed E-state index contributed by atoms with van der Waals surface area (Å²) in [5, 5.41) is 5.69. The lowest BCUT2D eigenvalue weighted by molar-refractivity contribution is 0.333. The van der Waals surface area contributed by atoms with Crippen LogP contribution in [0.4, 0.5) is 5.13 Å². The lowest BCUT2D eigenvalue weighted by atomic mass is 9.85.